The van der Waals surface area contributed by atoms with Gasteiger partial charge in [-0.3, -0.25) is 9.59 Å². The minimum absolute atomic E-state index is 0.126. The molecule has 0 unspecified atom stereocenters. The number of benzene rings is 2. The highest BCUT2D eigenvalue weighted by Crippen LogP contribution is 2.50. The molecule has 3 aliphatic rings. The second-order valence-electron chi connectivity index (χ2n) is 9.99. The molecule has 5 rings (SSSR count). The Balaban J connectivity index is 1.61. The highest BCUT2D eigenvalue weighted by Gasteiger charge is 2.43. The SMILES string of the molecule is CCOc1cc(C2C3=C(CCCC3=O)N(CCOC)C3=C2C(=O)CCC3)cc(I)c1OCc1ccccc1Cl. The lowest BCUT2D eigenvalue weighted by atomic mass is 9.71. The number of carbonyl (C=O) groups is 2. The maximum atomic E-state index is 13.5. The predicted octanol–water partition coefficient (Wildman–Crippen LogP) is 6.98. The minimum Gasteiger partial charge on any atom is -0.490 e. The maximum absolute atomic E-state index is 13.5. The highest BCUT2D eigenvalue weighted by atomic mass is 127. The van der Waals surface area contributed by atoms with Crippen molar-refractivity contribution in [3.05, 3.63) is 78.7 Å². The Morgan fingerprint density at radius 3 is 2.26 bits per heavy atom. The van der Waals surface area contributed by atoms with Crippen molar-refractivity contribution in [1.29, 1.82) is 0 Å². The topological polar surface area (TPSA) is 65.1 Å². The number of carbonyl (C=O) groups excluding carboxylic acids is 2. The molecule has 0 aromatic heterocycles. The Morgan fingerprint density at radius 2 is 1.64 bits per heavy atom. The molecule has 8 heteroatoms. The van der Waals surface area contributed by atoms with E-state index in [0.29, 0.717) is 55.7 Å². The van der Waals surface area contributed by atoms with Crippen molar-refractivity contribution >= 4 is 45.8 Å². The molecule has 0 N–H and O–H groups in total. The molecular formula is C31H33ClINO5. The first-order valence-electron chi connectivity index (χ1n) is 13.6. The predicted molar refractivity (Wildman–Crippen MR) is 159 cm³/mol. The van der Waals surface area contributed by atoms with Crippen LogP contribution in [0.4, 0.5) is 0 Å². The van der Waals surface area contributed by atoms with Crippen LogP contribution in [-0.4, -0.2) is 43.3 Å². The summed E-state index contributed by atoms with van der Waals surface area (Å²) in [6, 6.07) is 11.6. The minimum atomic E-state index is -0.403. The van der Waals surface area contributed by atoms with Crippen LogP contribution in [0.3, 0.4) is 0 Å². The standard InChI is InChI=1S/C31H33ClINO5/c1-3-38-27-17-20(16-22(33)31(27)39-18-19-8-4-5-9-21(19)32)28-29-23(10-6-12-25(29)35)34(14-15-37-2)24-11-7-13-26(36)30(24)28/h4-5,8-9,16-17,28H,3,6-7,10-15,18H2,1-2H3. The molecule has 6 nitrogen and oxygen atoms in total. The van der Waals surface area contributed by atoms with E-state index in [0.717, 1.165) is 62.9 Å². The van der Waals surface area contributed by atoms with Crippen LogP contribution in [0.5, 0.6) is 11.5 Å². The first kappa shape index (κ1) is 28.2. The van der Waals surface area contributed by atoms with Crippen LogP contribution in [0.2, 0.25) is 5.02 Å². The Bertz CT molecular complexity index is 1310. The van der Waals surface area contributed by atoms with Gasteiger partial charge < -0.3 is 19.1 Å². The van der Waals surface area contributed by atoms with Gasteiger partial charge in [-0.15, -0.1) is 0 Å². The molecule has 1 aliphatic heterocycles. The summed E-state index contributed by atoms with van der Waals surface area (Å²) in [5.41, 5.74) is 5.39. The van der Waals surface area contributed by atoms with Crippen molar-refractivity contribution in [2.75, 3.05) is 26.9 Å². The summed E-state index contributed by atoms with van der Waals surface area (Å²) in [6.45, 7) is 3.86. The smallest absolute Gasteiger partial charge is 0.174 e. The summed E-state index contributed by atoms with van der Waals surface area (Å²) >= 11 is 8.62. The molecule has 1 heterocycles. The van der Waals surface area contributed by atoms with E-state index in [1.807, 2.05) is 43.3 Å². The van der Waals surface area contributed by atoms with Crippen LogP contribution in [0.25, 0.3) is 0 Å². The van der Waals surface area contributed by atoms with Crippen molar-refractivity contribution in [2.24, 2.45) is 0 Å². The third-order valence-electron chi connectivity index (χ3n) is 7.60. The zero-order valence-electron chi connectivity index (χ0n) is 22.4. The third-order valence-corrected chi connectivity index (χ3v) is 8.77. The largest absolute Gasteiger partial charge is 0.490 e. The van der Waals surface area contributed by atoms with E-state index in [1.54, 1.807) is 7.11 Å². The van der Waals surface area contributed by atoms with Gasteiger partial charge in [-0.1, -0.05) is 29.8 Å². The van der Waals surface area contributed by atoms with Crippen molar-refractivity contribution in [3.63, 3.8) is 0 Å². The van der Waals surface area contributed by atoms with Crippen LogP contribution in [0.15, 0.2) is 58.9 Å². The first-order chi connectivity index (χ1) is 18.9. The van der Waals surface area contributed by atoms with Crippen molar-refractivity contribution in [1.82, 2.24) is 4.90 Å². The molecule has 0 amide bonds. The van der Waals surface area contributed by atoms with E-state index in [-0.39, 0.29) is 11.6 Å². The molecular weight excluding hydrogens is 629 g/mol. The monoisotopic (exact) mass is 661 g/mol. The zero-order valence-corrected chi connectivity index (χ0v) is 25.3. The lowest BCUT2D eigenvalue weighted by Crippen LogP contribution is -2.40. The number of hydrogen-bond acceptors (Lipinski definition) is 6. The van der Waals surface area contributed by atoms with E-state index in [9.17, 15) is 9.59 Å². The molecule has 0 spiro atoms. The van der Waals surface area contributed by atoms with Crippen LogP contribution >= 0.6 is 34.2 Å². The fourth-order valence-corrected chi connectivity index (χ4v) is 6.90. The number of hydrogen-bond donors (Lipinski definition) is 0. The lowest BCUT2D eigenvalue weighted by molar-refractivity contribution is -0.117. The Labute approximate surface area is 248 Å². The summed E-state index contributed by atoms with van der Waals surface area (Å²) in [6.07, 6.45) is 4.28. The first-order valence-corrected chi connectivity index (χ1v) is 15.0. The number of allylic oxidation sites excluding steroid dienone is 4. The summed E-state index contributed by atoms with van der Waals surface area (Å²) < 4.78 is 18.6. The maximum Gasteiger partial charge on any atom is 0.174 e. The van der Waals surface area contributed by atoms with Gasteiger partial charge in [0.15, 0.2) is 23.1 Å². The van der Waals surface area contributed by atoms with Crippen molar-refractivity contribution < 1.29 is 23.8 Å². The molecule has 206 valence electrons. The molecule has 0 saturated heterocycles. The van der Waals surface area contributed by atoms with E-state index < -0.39 is 5.92 Å². The quantitative estimate of drug-likeness (QED) is 0.270. The number of rotatable bonds is 9. The van der Waals surface area contributed by atoms with E-state index >= 15 is 0 Å². The normalized spacial score (nSPS) is 17.9. The Kier molecular flexibility index (Phi) is 8.99. The summed E-state index contributed by atoms with van der Waals surface area (Å²) in [7, 11) is 1.68. The summed E-state index contributed by atoms with van der Waals surface area (Å²) in [5, 5.41) is 0.646. The van der Waals surface area contributed by atoms with Gasteiger partial charge in [0.25, 0.3) is 0 Å². The molecule has 0 radical (unpaired) electrons. The molecule has 39 heavy (non-hydrogen) atoms. The number of ether oxygens (including phenoxy) is 3. The summed E-state index contributed by atoms with van der Waals surface area (Å²) in [4.78, 5) is 29.3. The summed E-state index contributed by atoms with van der Waals surface area (Å²) in [5.74, 6) is 1.08. The molecule has 2 aromatic carbocycles. The van der Waals surface area contributed by atoms with Gasteiger partial charge in [-0.25, -0.2) is 0 Å². The highest BCUT2D eigenvalue weighted by molar-refractivity contribution is 14.1. The van der Waals surface area contributed by atoms with Crippen molar-refractivity contribution in [2.45, 2.75) is 58.0 Å². The van der Waals surface area contributed by atoms with Gasteiger partial charge in [-0.05, 0) is 79.0 Å². The van der Waals surface area contributed by atoms with Gasteiger partial charge in [0.1, 0.15) is 6.61 Å². The zero-order chi connectivity index (χ0) is 27.5. The number of halogens is 2. The molecule has 0 saturated carbocycles. The fraction of sp³-hybridized carbons (Fsp3) is 0.419. The van der Waals surface area contributed by atoms with Crippen LogP contribution < -0.4 is 9.47 Å². The second kappa shape index (κ2) is 12.4. The lowest BCUT2D eigenvalue weighted by Gasteiger charge is -2.44. The van der Waals surface area contributed by atoms with Crippen molar-refractivity contribution in [3.8, 4) is 11.5 Å². The third kappa shape index (κ3) is 5.63. The molecule has 2 aliphatic carbocycles. The van der Waals surface area contributed by atoms with Gasteiger partial charge in [0, 0.05) is 65.5 Å². The fourth-order valence-electron chi connectivity index (χ4n) is 5.93. The number of Topliss-reactive ketones (excluding diaryl/α,β-unsaturated/α-hetero) is 2. The van der Waals surface area contributed by atoms with E-state index in [1.165, 1.54) is 0 Å². The van der Waals surface area contributed by atoms with Crippen LogP contribution in [0.1, 0.15) is 62.5 Å². The molecule has 0 fully saturated rings. The van der Waals surface area contributed by atoms with Crippen LogP contribution in [-0.2, 0) is 20.9 Å². The Morgan fingerprint density at radius 1 is 0.974 bits per heavy atom. The van der Waals surface area contributed by atoms with Gasteiger partial charge in [-0.2, -0.15) is 0 Å². The van der Waals surface area contributed by atoms with Gasteiger partial charge in [0.2, 0.25) is 0 Å². The Hall–Kier alpha value is -2.36. The van der Waals surface area contributed by atoms with E-state index in [2.05, 4.69) is 27.5 Å². The van der Waals surface area contributed by atoms with Gasteiger partial charge in [0.05, 0.1) is 16.8 Å². The average Bonchev–Trinajstić information content (AvgIpc) is 2.92. The molecule has 2 aromatic rings. The van der Waals surface area contributed by atoms with E-state index in [4.69, 9.17) is 25.8 Å². The molecule has 0 bridgehead atoms. The van der Waals surface area contributed by atoms with Crippen LogP contribution in [0, 0.1) is 3.57 Å². The number of ketones is 2. The molecule has 0 atom stereocenters. The van der Waals surface area contributed by atoms with Gasteiger partial charge >= 0.3 is 0 Å². The number of methoxy groups -OCH3 is 1. The number of nitrogens with zero attached hydrogens (tertiary/aromatic N) is 1. The average molecular weight is 662 g/mol. The second-order valence-corrected chi connectivity index (χ2v) is 11.6.